The minimum atomic E-state index is 0. The molecule has 7 heteroatoms. The Kier molecular flexibility index (Phi) is 9.59. The van der Waals surface area contributed by atoms with E-state index >= 15 is 0 Å². The van der Waals surface area contributed by atoms with E-state index in [4.69, 9.17) is 10.1 Å². The highest BCUT2D eigenvalue weighted by Gasteiger charge is 2.21. The van der Waals surface area contributed by atoms with E-state index in [0.717, 1.165) is 38.5 Å². The first kappa shape index (κ1) is 24.1. The van der Waals surface area contributed by atoms with Crippen LogP contribution in [0.4, 0.5) is 0 Å². The summed E-state index contributed by atoms with van der Waals surface area (Å²) >= 11 is 0. The van der Waals surface area contributed by atoms with E-state index in [1.807, 2.05) is 11.0 Å². The summed E-state index contributed by atoms with van der Waals surface area (Å²) in [5, 5.41) is 18.3. The van der Waals surface area contributed by atoms with Crippen LogP contribution in [-0.2, 0) is 0 Å². The molecule has 0 amide bonds. The van der Waals surface area contributed by atoms with Crippen molar-refractivity contribution in [3.05, 3.63) is 59.2 Å². The quantitative estimate of drug-likeness (QED) is 0.563. The Morgan fingerprint density at radius 3 is 2.18 bits per heavy atom. The number of piperazine rings is 1. The van der Waals surface area contributed by atoms with Crippen molar-refractivity contribution in [2.75, 3.05) is 39.3 Å². The zero-order valence-electron chi connectivity index (χ0n) is 16.4. The van der Waals surface area contributed by atoms with Crippen molar-refractivity contribution in [2.45, 2.75) is 13.8 Å². The molecule has 0 bridgehead atoms. The van der Waals surface area contributed by atoms with E-state index in [9.17, 15) is 5.11 Å². The monoisotopic (exact) mass is 425 g/mol. The highest BCUT2D eigenvalue weighted by molar-refractivity contribution is 5.98. The molecule has 2 N–H and O–H groups in total. The molecule has 0 saturated carbocycles. The third kappa shape index (κ3) is 5.77. The molecule has 3 rings (SSSR count). The fourth-order valence-electron chi connectivity index (χ4n) is 3.34. The van der Waals surface area contributed by atoms with Crippen LogP contribution in [0.5, 0.6) is 11.5 Å². The summed E-state index contributed by atoms with van der Waals surface area (Å²) in [5.74, 6) is 1.56. The summed E-state index contributed by atoms with van der Waals surface area (Å²) in [6, 6.07) is 13.3. The standard InChI is InChI=1S/C21H27N3O2.2ClH/c1-16-6-5-7-17(2)20(16)26-15-14-23-10-12-24(13-11-23)21(22)18-8-3-4-9-19(18)25;;/h3-9,22,25H,10-15H2,1-2H3;2*1H. The molecule has 0 aliphatic carbocycles. The van der Waals surface area contributed by atoms with Crippen molar-refractivity contribution in [1.82, 2.24) is 9.80 Å². The number of aromatic hydroxyl groups is 1. The number of ether oxygens (including phenoxy) is 1. The van der Waals surface area contributed by atoms with Gasteiger partial charge in [-0.2, -0.15) is 0 Å². The summed E-state index contributed by atoms with van der Waals surface area (Å²) in [7, 11) is 0. The lowest BCUT2D eigenvalue weighted by Crippen LogP contribution is -2.49. The highest BCUT2D eigenvalue weighted by atomic mass is 35.5. The van der Waals surface area contributed by atoms with E-state index in [2.05, 4.69) is 36.9 Å². The molecule has 0 spiro atoms. The van der Waals surface area contributed by atoms with Crippen molar-refractivity contribution < 1.29 is 9.84 Å². The number of phenolic OH excluding ortho intramolecular Hbond substituents is 1. The minimum absolute atomic E-state index is 0. The van der Waals surface area contributed by atoms with Gasteiger partial charge in [0, 0.05) is 32.7 Å². The lowest BCUT2D eigenvalue weighted by molar-refractivity contribution is 0.153. The Balaban J connectivity index is 0.00000196. The molecule has 0 radical (unpaired) electrons. The zero-order valence-corrected chi connectivity index (χ0v) is 18.0. The second kappa shape index (κ2) is 11.1. The highest BCUT2D eigenvalue weighted by Crippen LogP contribution is 2.22. The molecule has 1 aliphatic heterocycles. The topological polar surface area (TPSA) is 59.8 Å². The summed E-state index contributed by atoms with van der Waals surface area (Å²) in [4.78, 5) is 4.39. The summed E-state index contributed by atoms with van der Waals surface area (Å²) in [5.41, 5.74) is 2.94. The van der Waals surface area contributed by atoms with Crippen molar-refractivity contribution >= 4 is 30.6 Å². The van der Waals surface area contributed by atoms with Gasteiger partial charge in [0.05, 0.1) is 5.56 Å². The largest absolute Gasteiger partial charge is 0.507 e. The average Bonchev–Trinajstić information content (AvgIpc) is 2.64. The van der Waals surface area contributed by atoms with Crippen LogP contribution in [0.1, 0.15) is 16.7 Å². The normalized spacial score (nSPS) is 14.0. The van der Waals surface area contributed by atoms with Crippen molar-refractivity contribution in [3.63, 3.8) is 0 Å². The first-order chi connectivity index (χ1) is 12.6. The molecular weight excluding hydrogens is 397 g/mol. The zero-order chi connectivity index (χ0) is 18.5. The Labute approximate surface area is 179 Å². The van der Waals surface area contributed by atoms with Crippen molar-refractivity contribution in [2.24, 2.45) is 0 Å². The first-order valence-corrected chi connectivity index (χ1v) is 9.09. The maximum atomic E-state index is 9.94. The van der Waals surface area contributed by atoms with Crippen LogP contribution in [0.3, 0.4) is 0 Å². The Morgan fingerprint density at radius 2 is 1.57 bits per heavy atom. The van der Waals surface area contributed by atoms with Crippen LogP contribution in [-0.4, -0.2) is 60.1 Å². The third-order valence-corrected chi connectivity index (χ3v) is 4.91. The van der Waals surface area contributed by atoms with E-state index in [-0.39, 0.29) is 30.6 Å². The van der Waals surface area contributed by atoms with Gasteiger partial charge in [-0.1, -0.05) is 30.3 Å². The van der Waals surface area contributed by atoms with Crippen LogP contribution in [0, 0.1) is 19.3 Å². The van der Waals surface area contributed by atoms with Crippen LogP contribution < -0.4 is 4.74 Å². The van der Waals surface area contributed by atoms with Gasteiger partial charge in [-0.25, -0.2) is 0 Å². The molecule has 1 saturated heterocycles. The van der Waals surface area contributed by atoms with Crippen LogP contribution in [0.25, 0.3) is 0 Å². The number of hydrogen-bond donors (Lipinski definition) is 2. The van der Waals surface area contributed by atoms with Gasteiger partial charge in [0.1, 0.15) is 23.9 Å². The van der Waals surface area contributed by atoms with Gasteiger partial charge in [-0.15, -0.1) is 24.8 Å². The predicted molar refractivity (Wildman–Crippen MR) is 119 cm³/mol. The SMILES string of the molecule is Cc1cccc(C)c1OCCN1CCN(C(=N)c2ccccc2O)CC1.Cl.Cl. The van der Waals surface area contributed by atoms with Gasteiger partial charge in [-0.05, 0) is 37.1 Å². The number of hydrogen-bond acceptors (Lipinski definition) is 4. The molecule has 28 heavy (non-hydrogen) atoms. The van der Waals surface area contributed by atoms with Crippen molar-refractivity contribution in [3.8, 4) is 11.5 Å². The van der Waals surface area contributed by atoms with Crippen LogP contribution in [0.2, 0.25) is 0 Å². The van der Waals surface area contributed by atoms with E-state index in [0.29, 0.717) is 18.0 Å². The minimum Gasteiger partial charge on any atom is -0.507 e. The fourth-order valence-corrected chi connectivity index (χ4v) is 3.34. The number of nitrogens with one attached hydrogen (secondary N) is 1. The van der Waals surface area contributed by atoms with Crippen molar-refractivity contribution in [1.29, 1.82) is 5.41 Å². The number of phenols is 1. The van der Waals surface area contributed by atoms with E-state index in [1.165, 1.54) is 11.1 Å². The maximum absolute atomic E-state index is 9.94. The number of nitrogens with zero attached hydrogens (tertiary/aromatic N) is 2. The van der Waals surface area contributed by atoms with Gasteiger partial charge >= 0.3 is 0 Å². The molecule has 0 unspecified atom stereocenters. The lowest BCUT2D eigenvalue weighted by atomic mass is 10.1. The molecule has 2 aromatic rings. The molecular formula is C21H29Cl2N3O2. The predicted octanol–water partition coefficient (Wildman–Crippen LogP) is 3.87. The Morgan fingerprint density at radius 1 is 0.964 bits per heavy atom. The fraction of sp³-hybridized carbons (Fsp3) is 0.381. The lowest BCUT2D eigenvalue weighted by Gasteiger charge is -2.36. The molecule has 1 aliphatic rings. The number of halogens is 2. The number of aryl methyl sites for hydroxylation is 2. The van der Waals surface area contributed by atoms with E-state index in [1.54, 1.807) is 18.2 Å². The van der Waals surface area contributed by atoms with Crippen LogP contribution in [0.15, 0.2) is 42.5 Å². The average molecular weight is 426 g/mol. The van der Waals surface area contributed by atoms with E-state index < -0.39 is 0 Å². The second-order valence-electron chi connectivity index (χ2n) is 6.76. The van der Waals surface area contributed by atoms with Crippen LogP contribution >= 0.6 is 24.8 Å². The summed E-state index contributed by atoms with van der Waals surface area (Å²) in [6.07, 6.45) is 0. The number of rotatable bonds is 5. The molecule has 0 atom stereocenters. The smallest absolute Gasteiger partial charge is 0.131 e. The van der Waals surface area contributed by atoms with Gasteiger partial charge < -0.3 is 14.7 Å². The number of amidine groups is 1. The number of para-hydroxylation sites is 2. The van der Waals surface area contributed by atoms with Gasteiger partial charge in [0.25, 0.3) is 0 Å². The summed E-state index contributed by atoms with van der Waals surface area (Å²) < 4.78 is 6.00. The Hall–Kier alpha value is -1.95. The number of benzene rings is 2. The van der Waals surface area contributed by atoms with Gasteiger partial charge in [-0.3, -0.25) is 10.3 Å². The maximum Gasteiger partial charge on any atom is 0.131 e. The van der Waals surface area contributed by atoms with Gasteiger partial charge in [0.2, 0.25) is 0 Å². The molecule has 0 aromatic heterocycles. The Bertz CT molecular complexity index is 758. The molecule has 2 aromatic carbocycles. The molecule has 154 valence electrons. The first-order valence-electron chi connectivity index (χ1n) is 9.09. The molecule has 5 nitrogen and oxygen atoms in total. The molecule has 1 heterocycles. The second-order valence-corrected chi connectivity index (χ2v) is 6.76. The molecule has 1 fully saturated rings. The summed E-state index contributed by atoms with van der Waals surface area (Å²) in [6.45, 7) is 9.07. The third-order valence-electron chi connectivity index (χ3n) is 4.91. The van der Waals surface area contributed by atoms with Gasteiger partial charge in [0.15, 0.2) is 0 Å².